The minimum atomic E-state index is -2.91. The van der Waals surface area contributed by atoms with E-state index in [-0.39, 0.29) is 37.7 Å². The lowest BCUT2D eigenvalue weighted by Gasteiger charge is -2.12. The predicted molar refractivity (Wildman–Crippen MR) is 94.2 cm³/mol. The highest BCUT2D eigenvalue weighted by atomic mass is 19.3. The average Bonchev–Trinajstić information content (AvgIpc) is 2.62. The quantitative estimate of drug-likeness (QED) is 0.328. The lowest BCUT2D eigenvalue weighted by molar-refractivity contribution is 0.0174. The second-order valence-corrected chi connectivity index (χ2v) is 6.01. The number of ketones is 1. The molecule has 0 amide bonds. The number of ether oxygens (including phenoxy) is 3. The number of rotatable bonds is 10. The van der Waals surface area contributed by atoms with Gasteiger partial charge in [0.05, 0.1) is 18.8 Å². The Labute approximate surface area is 160 Å². The van der Waals surface area contributed by atoms with Gasteiger partial charge in [0.25, 0.3) is 5.92 Å². The second-order valence-electron chi connectivity index (χ2n) is 6.01. The lowest BCUT2D eigenvalue weighted by atomic mass is 10.1. The number of benzene rings is 2. The fourth-order valence-electron chi connectivity index (χ4n) is 2.34. The number of carbonyl (C=O) groups is 1. The molecule has 152 valence electrons. The number of alkyl halides is 2. The summed E-state index contributed by atoms with van der Waals surface area (Å²) in [6, 6.07) is 7.53. The van der Waals surface area contributed by atoms with Gasteiger partial charge in [0.1, 0.15) is 24.8 Å². The van der Waals surface area contributed by atoms with Gasteiger partial charge in [0.15, 0.2) is 17.3 Å². The molecule has 8 heteroatoms. The third-order valence-electron chi connectivity index (χ3n) is 3.75. The number of carbonyl (C=O) groups excluding carboxylic acids is 1. The van der Waals surface area contributed by atoms with Crippen molar-refractivity contribution < 1.29 is 36.6 Å². The molecular weight excluding hydrogens is 380 g/mol. The molecule has 0 unspecified atom stereocenters. The van der Waals surface area contributed by atoms with Gasteiger partial charge in [-0.25, -0.2) is 17.6 Å². The fourth-order valence-corrected chi connectivity index (χ4v) is 2.34. The Morgan fingerprint density at radius 3 is 2.11 bits per heavy atom. The van der Waals surface area contributed by atoms with Gasteiger partial charge in [-0.15, -0.1) is 0 Å². The van der Waals surface area contributed by atoms with Crippen LogP contribution in [0.3, 0.4) is 0 Å². The van der Waals surface area contributed by atoms with Crippen LogP contribution in [0.1, 0.15) is 29.8 Å². The predicted octanol–water partition coefficient (Wildman–Crippen LogP) is 4.75. The van der Waals surface area contributed by atoms with E-state index in [0.717, 1.165) is 26.0 Å². The molecule has 0 fully saturated rings. The first-order chi connectivity index (χ1) is 13.2. The Balaban J connectivity index is 1.69. The highest BCUT2D eigenvalue weighted by molar-refractivity contribution is 5.95. The third kappa shape index (κ3) is 5.95. The molecule has 2 rings (SSSR count). The monoisotopic (exact) mass is 400 g/mol. The smallest absolute Gasteiger partial charge is 0.270 e. The Morgan fingerprint density at radius 2 is 1.54 bits per heavy atom. The van der Waals surface area contributed by atoms with Gasteiger partial charge in [-0.2, -0.15) is 0 Å². The van der Waals surface area contributed by atoms with Crippen molar-refractivity contribution in [1.82, 2.24) is 0 Å². The maximum Gasteiger partial charge on any atom is 0.270 e. The third-order valence-corrected chi connectivity index (χ3v) is 3.75. The zero-order chi connectivity index (χ0) is 20.7. The van der Waals surface area contributed by atoms with Crippen LogP contribution in [0.2, 0.25) is 0 Å². The van der Waals surface area contributed by atoms with Gasteiger partial charge in [0, 0.05) is 12.5 Å². The summed E-state index contributed by atoms with van der Waals surface area (Å²) in [4.78, 5) is 11.3. The molecule has 0 atom stereocenters. The Morgan fingerprint density at radius 1 is 0.929 bits per heavy atom. The lowest BCUT2D eigenvalue weighted by Crippen LogP contribution is -2.13. The first-order valence-corrected chi connectivity index (χ1v) is 8.51. The summed E-state index contributed by atoms with van der Waals surface area (Å²) >= 11 is 0. The zero-order valence-electron chi connectivity index (χ0n) is 15.4. The van der Waals surface area contributed by atoms with Crippen LogP contribution < -0.4 is 9.47 Å². The topological polar surface area (TPSA) is 44.8 Å². The van der Waals surface area contributed by atoms with Crippen molar-refractivity contribution in [3.05, 3.63) is 59.2 Å². The molecule has 2 aromatic carbocycles. The van der Waals surface area contributed by atoms with Crippen LogP contribution >= 0.6 is 0 Å². The van der Waals surface area contributed by atoms with Crippen molar-refractivity contribution in [2.75, 3.05) is 26.4 Å². The Kier molecular flexibility index (Phi) is 7.39. The van der Waals surface area contributed by atoms with E-state index in [0.29, 0.717) is 5.75 Å². The average molecular weight is 400 g/mol. The molecule has 2 aromatic rings. The summed E-state index contributed by atoms with van der Waals surface area (Å²) in [6.07, 6.45) is 0. The van der Waals surface area contributed by atoms with E-state index in [1.807, 2.05) is 0 Å². The molecule has 0 aliphatic heterocycles. The van der Waals surface area contributed by atoms with E-state index in [2.05, 4.69) is 0 Å². The number of Topliss-reactive ketones (excluding diaryl/α,β-unsaturated/α-hetero) is 1. The first-order valence-electron chi connectivity index (χ1n) is 8.51. The highest BCUT2D eigenvalue weighted by Gasteiger charge is 2.23. The molecule has 28 heavy (non-hydrogen) atoms. The zero-order valence-corrected chi connectivity index (χ0v) is 15.4. The summed E-state index contributed by atoms with van der Waals surface area (Å²) in [6.45, 7) is 2.35. The first kappa shape index (κ1) is 21.7. The maximum atomic E-state index is 14.0. The molecular formula is C20H20F4O4. The van der Waals surface area contributed by atoms with Crippen LogP contribution in [-0.4, -0.2) is 32.2 Å². The van der Waals surface area contributed by atoms with E-state index >= 15 is 0 Å². The number of halogens is 4. The van der Waals surface area contributed by atoms with E-state index in [1.165, 1.54) is 24.3 Å². The van der Waals surface area contributed by atoms with Gasteiger partial charge in [0.2, 0.25) is 0 Å². The summed E-state index contributed by atoms with van der Waals surface area (Å²) < 4.78 is 69.5. The minimum Gasteiger partial charge on any atom is -0.491 e. The second kappa shape index (κ2) is 9.54. The Bertz CT molecular complexity index is 801. The van der Waals surface area contributed by atoms with Crippen LogP contribution in [0.15, 0.2) is 36.4 Å². The van der Waals surface area contributed by atoms with E-state index in [4.69, 9.17) is 14.2 Å². The molecule has 0 heterocycles. The number of hydrogen-bond acceptors (Lipinski definition) is 4. The maximum absolute atomic E-state index is 14.0. The van der Waals surface area contributed by atoms with Crippen LogP contribution in [0.5, 0.6) is 11.5 Å². The molecule has 4 nitrogen and oxygen atoms in total. The molecule has 0 saturated carbocycles. The van der Waals surface area contributed by atoms with Gasteiger partial charge < -0.3 is 14.2 Å². The van der Waals surface area contributed by atoms with Crippen LogP contribution in [-0.2, 0) is 10.7 Å². The van der Waals surface area contributed by atoms with E-state index < -0.39 is 28.9 Å². The normalized spacial score (nSPS) is 11.4. The van der Waals surface area contributed by atoms with Gasteiger partial charge in [-0.1, -0.05) is 0 Å². The van der Waals surface area contributed by atoms with Crippen molar-refractivity contribution >= 4 is 5.78 Å². The van der Waals surface area contributed by atoms with Crippen LogP contribution in [0, 0.1) is 11.6 Å². The van der Waals surface area contributed by atoms with Crippen molar-refractivity contribution in [3.8, 4) is 11.5 Å². The molecule has 0 aliphatic carbocycles. The summed E-state index contributed by atoms with van der Waals surface area (Å²) in [7, 11) is 0. The standard InChI is InChI=1S/C20H20F4O4/c1-13(25)18-16(21)7-8-17(19(18)22)28-12-10-26-9-11-27-15-5-3-14(4-6-15)20(2,23)24/h3-8H,9-12H2,1-2H3. The van der Waals surface area contributed by atoms with Crippen molar-refractivity contribution in [3.63, 3.8) is 0 Å². The highest BCUT2D eigenvalue weighted by Crippen LogP contribution is 2.28. The molecule has 0 aromatic heterocycles. The van der Waals surface area contributed by atoms with Crippen molar-refractivity contribution in [2.45, 2.75) is 19.8 Å². The molecule has 0 N–H and O–H groups in total. The summed E-state index contributed by atoms with van der Waals surface area (Å²) in [5.74, 6) is -5.43. The Hall–Kier alpha value is -2.61. The number of hydrogen-bond donors (Lipinski definition) is 0. The summed E-state index contributed by atoms with van der Waals surface area (Å²) in [5, 5.41) is 0. The molecule has 0 spiro atoms. The van der Waals surface area contributed by atoms with Gasteiger partial charge in [-0.05, 0) is 43.3 Å². The molecule has 0 bridgehead atoms. The SMILES string of the molecule is CC(=O)c1c(F)ccc(OCCOCCOc2ccc(C(C)(F)F)cc2)c1F. The van der Waals surface area contributed by atoms with Crippen molar-refractivity contribution in [1.29, 1.82) is 0 Å². The molecule has 0 aliphatic rings. The molecule has 0 saturated heterocycles. The van der Waals surface area contributed by atoms with Crippen LogP contribution in [0.25, 0.3) is 0 Å². The largest absolute Gasteiger partial charge is 0.491 e. The van der Waals surface area contributed by atoms with E-state index in [1.54, 1.807) is 0 Å². The summed E-state index contributed by atoms with van der Waals surface area (Å²) in [5.41, 5.74) is -0.743. The van der Waals surface area contributed by atoms with Crippen molar-refractivity contribution in [2.24, 2.45) is 0 Å². The van der Waals surface area contributed by atoms with Gasteiger partial charge in [-0.3, -0.25) is 4.79 Å². The fraction of sp³-hybridized carbons (Fsp3) is 0.350. The molecule has 0 radical (unpaired) electrons. The van der Waals surface area contributed by atoms with Crippen LogP contribution in [0.4, 0.5) is 17.6 Å². The minimum absolute atomic E-state index is 0.0137. The van der Waals surface area contributed by atoms with E-state index in [9.17, 15) is 22.4 Å². The van der Waals surface area contributed by atoms with Gasteiger partial charge >= 0.3 is 0 Å².